The number of hydrogen-bond donors (Lipinski definition) is 1. The summed E-state index contributed by atoms with van der Waals surface area (Å²) in [7, 11) is 0. The number of carbonyl (C=O) groups is 3. The fourth-order valence-corrected chi connectivity index (χ4v) is 3.46. The topological polar surface area (TPSA) is 66.5 Å². The number of nitrogens with one attached hydrogen (secondary N) is 1. The maximum atomic E-state index is 12.1. The van der Waals surface area contributed by atoms with Gasteiger partial charge >= 0.3 is 0 Å². The molecule has 24 heavy (non-hydrogen) atoms. The third-order valence-corrected chi connectivity index (χ3v) is 4.91. The number of imide groups is 1. The molecule has 0 unspecified atom stereocenters. The molecule has 1 saturated carbocycles. The predicted molar refractivity (Wildman–Crippen MR) is 93.2 cm³/mol. The van der Waals surface area contributed by atoms with Crippen molar-refractivity contribution in [2.75, 3.05) is 6.54 Å². The van der Waals surface area contributed by atoms with Gasteiger partial charge in [0.15, 0.2) is 0 Å². The molecule has 0 saturated heterocycles. The minimum atomic E-state index is -0.224. The average Bonchev–Trinajstić information content (AvgIpc) is 2.94. The first kappa shape index (κ1) is 18.7. The summed E-state index contributed by atoms with van der Waals surface area (Å²) in [6.45, 7) is 0.453. The molecule has 1 aliphatic heterocycles. The molecule has 0 spiro atoms. The highest BCUT2D eigenvalue weighted by atomic mass is 16.2. The lowest BCUT2D eigenvalue weighted by atomic mass is 10.0. The molecule has 0 radical (unpaired) electrons. The number of nitrogens with zero attached hydrogens (tertiary/aromatic N) is 1. The Bertz CT molecular complexity index is 445. The Morgan fingerprint density at radius 2 is 1.50 bits per heavy atom. The number of amides is 3. The molecule has 5 nitrogen and oxygen atoms in total. The van der Waals surface area contributed by atoms with Crippen molar-refractivity contribution in [1.82, 2.24) is 10.2 Å². The van der Waals surface area contributed by atoms with Crippen LogP contribution in [0.2, 0.25) is 0 Å². The first-order valence-corrected chi connectivity index (χ1v) is 9.50. The van der Waals surface area contributed by atoms with Crippen LogP contribution in [0.25, 0.3) is 0 Å². The maximum absolute atomic E-state index is 12.1. The van der Waals surface area contributed by atoms with Crippen molar-refractivity contribution < 1.29 is 14.4 Å². The minimum Gasteiger partial charge on any atom is -0.353 e. The Morgan fingerprint density at radius 3 is 2.12 bits per heavy atom. The van der Waals surface area contributed by atoms with E-state index < -0.39 is 0 Å². The van der Waals surface area contributed by atoms with Crippen molar-refractivity contribution in [3.63, 3.8) is 0 Å². The SMILES string of the molecule is O=C(CCCCCN1C(=O)C=CC1=O)NC1CCCCCCCC1. The van der Waals surface area contributed by atoms with Crippen LogP contribution in [0, 0.1) is 0 Å². The van der Waals surface area contributed by atoms with Crippen LogP contribution in [0.4, 0.5) is 0 Å². The normalized spacial score (nSPS) is 19.9. The summed E-state index contributed by atoms with van der Waals surface area (Å²) in [6.07, 6.45) is 15.5. The minimum absolute atomic E-state index is 0.147. The highest BCUT2D eigenvalue weighted by Gasteiger charge is 2.22. The molecule has 5 heteroatoms. The van der Waals surface area contributed by atoms with Crippen molar-refractivity contribution >= 4 is 17.7 Å². The first-order valence-electron chi connectivity index (χ1n) is 9.50. The van der Waals surface area contributed by atoms with Crippen molar-refractivity contribution in [2.24, 2.45) is 0 Å². The first-order chi connectivity index (χ1) is 11.7. The van der Waals surface area contributed by atoms with Gasteiger partial charge in [0.2, 0.25) is 5.91 Å². The van der Waals surface area contributed by atoms with E-state index in [-0.39, 0.29) is 17.7 Å². The number of rotatable bonds is 7. The molecule has 0 atom stereocenters. The second kappa shape index (κ2) is 10.3. The second-order valence-corrected chi connectivity index (χ2v) is 6.94. The summed E-state index contributed by atoms with van der Waals surface area (Å²) < 4.78 is 0. The van der Waals surface area contributed by atoms with Crippen LogP contribution in [-0.4, -0.2) is 35.2 Å². The van der Waals surface area contributed by atoms with E-state index in [4.69, 9.17) is 0 Å². The zero-order valence-corrected chi connectivity index (χ0v) is 14.6. The Hall–Kier alpha value is -1.65. The van der Waals surface area contributed by atoms with Gasteiger partial charge in [0.25, 0.3) is 11.8 Å². The number of hydrogen-bond acceptors (Lipinski definition) is 3. The largest absolute Gasteiger partial charge is 0.353 e. The van der Waals surface area contributed by atoms with E-state index in [0.717, 1.165) is 32.1 Å². The molecule has 0 aromatic carbocycles. The molecular weight excluding hydrogens is 304 g/mol. The summed E-state index contributed by atoms with van der Waals surface area (Å²) in [5.74, 6) is -0.301. The monoisotopic (exact) mass is 334 g/mol. The van der Waals surface area contributed by atoms with Gasteiger partial charge in [-0.2, -0.15) is 0 Å². The van der Waals surface area contributed by atoms with Gasteiger partial charge in [-0.15, -0.1) is 0 Å². The molecular formula is C19H30N2O3. The average molecular weight is 334 g/mol. The van der Waals surface area contributed by atoms with Gasteiger partial charge in [-0.1, -0.05) is 44.9 Å². The summed E-state index contributed by atoms with van der Waals surface area (Å²) in [4.78, 5) is 36.2. The van der Waals surface area contributed by atoms with Crippen molar-refractivity contribution in [1.29, 1.82) is 0 Å². The van der Waals surface area contributed by atoms with Crippen molar-refractivity contribution in [2.45, 2.75) is 83.1 Å². The van der Waals surface area contributed by atoms with E-state index in [2.05, 4.69) is 5.32 Å². The fourth-order valence-electron chi connectivity index (χ4n) is 3.46. The molecule has 0 aromatic rings. The van der Waals surface area contributed by atoms with Crippen LogP contribution < -0.4 is 5.32 Å². The Morgan fingerprint density at radius 1 is 0.917 bits per heavy atom. The van der Waals surface area contributed by atoms with Crippen LogP contribution >= 0.6 is 0 Å². The van der Waals surface area contributed by atoms with E-state index in [0.29, 0.717) is 19.0 Å². The number of unbranched alkanes of at least 4 members (excludes halogenated alkanes) is 2. The van der Waals surface area contributed by atoms with Gasteiger partial charge in [0.05, 0.1) is 0 Å². The van der Waals surface area contributed by atoms with Gasteiger partial charge in [0, 0.05) is 31.2 Å². The van der Waals surface area contributed by atoms with Gasteiger partial charge in [-0.05, 0) is 25.7 Å². The van der Waals surface area contributed by atoms with E-state index >= 15 is 0 Å². The summed E-state index contributed by atoms with van der Waals surface area (Å²) >= 11 is 0. The molecule has 3 amide bonds. The molecule has 1 heterocycles. The lowest BCUT2D eigenvalue weighted by molar-refractivity contribution is -0.137. The van der Waals surface area contributed by atoms with Crippen LogP contribution in [0.15, 0.2) is 12.2 Å². The second-order valence-electron chi connectivity index (χ2n) is 6.94. The smallest absolute Gasteiger partial charge is 0.253 e. The Labute approximate surface area is 144 Å². The molecule has 134 valence electrons. The van der Waals surface area contributed by atoms with Gasteiger partial charge < -0.3 is 5.32 Å². The summed E-state index contributed by atoms with van der Waals surface area (Å²) in [6, 6.07) is 0.349. The maximum Gasteiger partial charge on any atom is 0.253 e. The van der Waals surface area contributed by atoms with E-state index in [9.17, 15) is 14.4 Å². The zero-order valence-electron chi connectivity index (χ0n) is 14.6. The standard InChI is InChI=1S/C19H30N2O3/c22-17(20-16-10-6-3-1-2-4-7-11-16)12-8-5-9-15-21-18(23)13-14-19(21)24/h13-14,16H,1-12,15H2,(H,20,22). The molecule has 2 aliphatic rings. The van der Waals surface area contributed by atoms with Crippen LogP contribution in [-0.2, 0) is 14.4 Å². The van der Waals surface area contributed by atoms with E-state index in [1.165, 1.54) is 55.6 Å². The predicted octanol–water partition coefficient (Wildman–Crippen LogP) is 3.09. The number of carbonyl (C=O) groups excluding carboxylic acids is 3. The van der Waals surface area contributed by atoms with E-state index in [1.54, 1.807) is 0 Å². The lowest BCUT2D eigenvalue weighted by Gasteiger charge is -2.18. The van der Waals surface area contributed by atoms with E-state index in [1.807, 2.05) is 0 Å². The molecule has 2 rings (SSSR count). The zero-order chi connectivity index (χ0) is 17.2. The summed E-state index contributed by atoms with van der Waals surface area (Å²) in [5, 5.41) is 3.19. The third kappa shape index (κ3) is 6.46. The van der Waals surface area contributed by atoms with Crippen molar-refractivity contribution in [3.05, 3.63) is 12.2 Å². The highest BCUT2D eigenvalue weighted by Crippen LogP contribution is 2.17. The highest BCUT2D eigenvalue weighted by molar-refractivity contribution is 6.12. The fraction of sp³-hybridized carbons (Fsp3) is 0.737. The Kier molecular flexibility index (Phi) is 7.99. The molecule has 1 fully saturated rings. The van der Waals surface area contributed by atoms with Gasteiger partial charge in [-0.25, -0.2) is 0 Å². The molecule has 1 aliphatic carbocycles. The van der Waals surface area contributed by atoms with Gasteiger partial charge in [-0.3, -0.25) is 19.3 Å². The molecule has 0 aromatic heterocycles. The van der Waals surface area contributed by atoms with Crippen LogP contribution in [0.3, 0.4) is 0 Å². The molecule has 0 bridgehead atoms. The summed E-state index contributed by atoms with van der Waals surface area (Å²) in [5.41, 5.74) is 0. The van der Waals surface area contributed by atoms with Crippen LogP contribution in [0.1, 0.15) is 77.0 Å². The third-order valence-electron chi connectivity index (χ3n) is 4.91. The lowest BCUT2D eigenvalue weighted by Crippen LogP contribution is -2.34. The van der Waals surface area contributed by atoms with Gasteiger partial charge in [0.1, 0.15) is 0 Å². The van der Waals surface area contributed by atoms with Crippen molar-refractivity contribution in [3.8, 4) is 0 Å². The quantitative estimate of drug-likeness (QED) is 0.575. The van der Waals surface area contributed by atoms with Crippen LogP contribution in [0.5, 0.6) is 0 Å². The Balaban J connectivity index is 1.55. The molecule has 1 N–H and O–H groups in total.